The smallest absolute Gasteiger partial charge is 0.161 e. The highest BCUT2D eigenvalue weighted by Crippen LogP contribution is 2.55. The zero-order chi connectivity index (χ0) is 36.0. The van der Waals surface area contributed by atoms with Gasteiger partial charge in [-0.3, -0.25) is 0 Å². The minimum atomic E-state index is -0.111. The van der Waals surface area contributed by atoms with Gasteiger partial charge in [0, 0.05) is 42.3 Å². The maximum Gasteiger partial charge on any atom is 0.161 e. The lowest BCUT2D eigenvalue weighted by atomic mass is 9.81. The van der Waals surface area contributed by atoms with Crippen LogP contribution in [-0.2, 0) is 5.41 Å². The summed E-state index contributed by atoms with van der Waals surface area (Å²) in [6.07, 6.45) is 0. The summed E-state index contributed by atoms with van der Waals surface area (Å²) in [5.74, 6) is 0.725. The van der Waals surface area contributed by atoms with Crippen molar-refractivity contribution in [3.05, 3.63) is 181 Å². The minimum absolute atomic E-state index is 0.111. The van der Waals surface area contributed by atoms with Crippen molar-refractivity contribution in [1.82, 2.24) is 9.97 Å². The third kappa shape index (κ3) is 4.58. The third-order valence-corrected chi connectivity index (χ3v) is 12.7. The Morgan fingerprint density at radius 2 is 1.06 bits per heavy atom. The number of hydrogen-bond donors (Lipinski definition) is 0. The van der Waals surface area contributed by atoms with Gasteiger partial charge in [-0.25, -0.2) is 9.97 Å². The summed E-state index contributed by atoms with van der Waals surface area (Å²) in [7, 11) is 0. The Labute approximate surface area is 318 Å². The van der Waals surface area contributed by atoms with Crippen LogP contribution in [0.1, 0.15) is 25.0 Å². The van der Waals surface area contributed by atoms with Crippen molar-refractivity contribution in [2.75, 3.05) is 0 Å². The number of hydrogen-bond acceptors (Lipinski definition) is 3. The fourth-order valence-electron chi connectivity index (χ4n) is 8.91. The summed E-state index contributed by atoms with van der Waals surface area (Å²) in [6.45, 7) is 4.73. The van der Waals surface area contributed by atoms with Gasteiger partial charge in [0.1, 0.15) is 0 Å². The lowest BCUT2D eigenvalue weighted by Crippen LogP contribution is -2.14. The van der Waals surface area contributed by atoms with E-state index in [2.05, 4.69) is 184 Å². The molecule has 8 aromatic carbocycles. The van der Waals surface area contributed by atoms with E-state index in [4.69, 9.17) is 9.97 Å². The van der Waals surface area contributed by atoms with E-state index in [1.54, 1.807) is 0 Å². The molecule has 2 aromatic heterocycles. The van der Waals surface area contributed by atoms with Crippen LogP contribution in [0, 0.1) is 0 Å². The van der Waals surface area contributed by atoms with Crippen LogP contribution in [0.4, 0.5) is 0 Å². The first-order valence-electron chi connectivity index (χ1n) is 18.6. The second-order valence-electron chi connectivity index (χ2n) is 14.9. The van der Waals surface area contributed by atoms with Gasteiger partial charge in [-0.1, -0.05) is 166 Å². The predicted molar refractivity (Wildman–Crippen MR) is 229 cm³/mol. The molecule has 2 nitrogen and oxygen atoms in total. The first-order chi connectivity index (χ1) is 26.5. The molecule has 0 fully saturated rings. The lowest BCUT2D eigenvalue weighted by molar-refractivity contribution is 0.661. The third-order valence-electron chi connectivity index (χ3n) is 11.5. The van der Waals surface area contributed by atoms with E-state index in [0.29, 0.717) is 0 Å². The number of aromatic nitrogens is 2. The molecule has 1 aliphatic carbocycles. The zero-order valence-electron chi connectivity index (χ0n) is 30.0. The van der Waals surface area contributed by atoms with Gasteiger partial charge in [-0.2, -0.15) is 0 Å². The molecule has 10 aromatic rings. The average Bonchev–Trinajstić information content (AvgIpc) is 3.73. The molecule has 0 N–H and O–H groups in total. The summed E-state index contributed by atoms with van der Waals surface area (Å²) in [4.78, 5) is 10.7. The van der Waals surface area contributed by atoms with Gasteiger partial charge in [0.15, 0.2) is 5.82 Å². The summed E-state index contributed by atoms with van der Waals surface area (Å²) >= 11 is 1.83. The van der Waals surface area contributed by atoms with E-state index >= 15 is 0 Å². The molecular weight excluding hydrogens is 673 g/mol. The fraction of sp³-hybridized carbons (Fsp3) is 0.0588. The van der Waals surface area contributed by atoms with Crippen LogP contribution in [0.25, 0.3) is 97.9 Å². The molecule has 0 atom stereocenters. The second-order valence-corrected chi connectivity index (χ2v) is 15.9. The molecule has 0 saturated heterocycles. The minimum Gasteiger partial charge on any atom is -0.228 e. The summed E-state index contributed by atoms with van der Waals surface area (Å²) in [5, 5.41) is 7.45. The lowest BCUT2D eigenvalue weighted by Gasteiger charge is -2.22. The van der Waals surface area contributed by atoms with E-state index in [1.807, 2.05) is 11.3 Å². The second kappa shape index (κ2) is 11.8. The summed E-state index contributed by atoms with van der Waals surface area (Å²) in [5.41, 5.74) is 12.9. The predicted octanol–water partition coefficient (Wildman–Crippen LogP) is 14.1. The molecule has 3 heteroatoms. The molecule has 0 spiro atoms. The van der Waals surface area contributed by atoms with Crippen molar-refractivity contribution in [1.29, 1.82) is 0 Å². The number of rotatable bonds is 4. The van der Waals surface area contributed by atoms with Crippen LogP contribution >= 0.6 is 11.3 Å². The van der Waals surface area contributed by atoms with E-state index < -0.39 is 0 Å². The van der Waals surface area contributed by atoms with Crippen LogP contribution < -0.4 is 0 Å². The van der Waals surface area contributed by atoms with Gasteiger partial charge < -0.3 is 0 Å². The van der Waals surface area contributed by atoms with Crippen LogP contribution in [0.3, 0.4) is 0 Å². The van der Waals surface area contributed by atoms with Crippen molar-refractivity contribution in [3.63, 3.8) is 0 Å². The van der Waals surface area contributed by atoms with E-state index in [0.717, 1.165) is 39.3 Å². The van der Waals surface area contributed by atoms with Gasteiger partial charge in [0.2, 0.25) is 0 Å². The molecule has 0 radical (unpaired) electrons. The fourth-order valence-corrected chi connectivity index (χ4v) is 10.1. The maximum atomic E-state index is 5.41. The largest absolute Gasteiger partial charge is 0.228 e. The van der Waals surface area contributed by atoms with Gasteiger partial charge >= 0.3 is 0 Å². The zero-order valence-corrected chi connectivity index (χ0v) is 30.8. The molecule has 11 rings (SSSR count). The van der Waals surface area contributed by atoms with Crippen molar-refractivity contribution in [3.8, 4) is 56.2 Å². The number of fused-ring (bicyclic) bond motifs is 9. The Kier molecular flexibility index (Phi) is 6.80. The first kappa shape index (κ1) is 31.1. The SMILES string of the molecule is CC1(C)c2cccc(-c3ccc(-c4nc(-c5ccccc5)cc(-c5cccc6c5sc5ccccc56)n4)c4ccccc34)c2-c2c1ccc1ccccc21. The highest BCUT2D eigenvalue weighted by molar-refractivity contribution is 7.26. The molecule has 1 aliphatic rings. The number of thiophene rings is 1. The Balaban J connectivity index is 1.15. The molecule has 0 bridgehead atoms. The first-order valence-corrected chi connectivity index (χ1v) is 19.4. The van der Waals surface area contributed by atoms with Crippen LogP contribution in [0.5, 0.6) is 0 Å². The molecule has 2 heterocycles. The standard InChI is InChI=1S/C51H34N2S/c1-51(2)42-24-13-21-38(48(42)47-33-17-7-6-14-31(33)26-29-43(47)51)36-27-28-40(35-19-9-8-18-34(35)36)50-52-44(32-15-4-3-5-16-32)30-45(53-50)41-23-12-22-39-37-20-10-11-25-46(37)54-49(39)41/h3-30H,1-2H3. The molecule has 54 heavy (non-hydrogen) atoms. The average molecular weight is 707 g/mol. The van der Waals surface area contributed by atoms with Gasteiger partial charge in [0.05, 0.1) is 11.4 Å². The quantitative estimate of drug-likeness (QED) is 0.182. The van der Waals surface area contributed by atoms with Crippen LogP contribution in [0.2, 0.25) is 0 Å². The Bertz CT molecular complexity index is 3130. The van der Waals surface area contributed by atoms with E-state index in [-0.39, 0.29) is 5.41 Å². The van der Waals surface area contributed by atoms with Gasteiger partial charge in [-0.15, -0.1) is 11.3 Å². The van der Waals surface area contributed by atoms with E-state index in [9.17, 15) is 0 Å². The molecule has 0 unspecified atom stereocenters. The number of benzene rings is 8. The van der Waals surface area contributed by atoms with E-state index in [1.165, 1.54) is 69.7 Å². The summed E-state index contributed by atoms with van der Waals surface area (Å²) in [6, 6.07) is 61.5. The Morgan fingerprint density at radius 3 is 1.91 bits per heavy atom. The maximum absolute atomic E-state index is 5.41. The number of nitrogens with zero attached hydrogens (tertiary/aromatic N) is 2. The Morgan fingerprint density at radius 1 is 0.426 bits per heavy atom. The molecule has 0 saturated carbocycles. The highest BCUT2D eigenvalue weighted by atomic mass is 32.1. The van der Waals surface area contributed by atoms with Crippen LogP contribution in [0.15, 0.2) is 170 Å². The molecule has 0 aliphatic heterocycles. The molecule has 0 amide bonds. The monoisotopic (exact) mass is 706 g/mol. The van der Waals surface area contributed by atoms with Crippen LogP contribution in [-0.4, -0.2) is 9.97 Å². The van der Waals surface area contributed by atoms with Gasteiger partial charge in [0.25, 0.3) is 0 Å². The van der Waals surface area contributed by atoms with Crippen molar-refractivity contribution < 1.29 is 0 Å². The topological polar surface area (TPSA) is 25.8 Å². The van der Waals surface area contributed by atoms with Gasteiger partial charge in [-0.05, 0) is 73.1 Å². The normalized spacial score (nSPS) is 13.1. The highest BCUT2D eigenvalue weighted by Gasteiger charge is 2.38. The summed E-state index contributed by atoms with van der Waals surface area (Å²) < 4.78 is 2.53. The Hall–Kier alpha value is -6.42. The molecular formula is C51H34N2S. The molecule has 254 valence electrons. The van der Waals surface area contributed by atoms with Crippen molar-refractivity contribution >= 4 is 53.1 Å². The van der Waals surface area contributed by atoms with Crippen molar-refractivity contribution in [2.24, 2.45) is 0 Å². The van der Waals surface area contributed by atoms with Crippen molar-refractivity contribution in [2.45, 2.75) is 19.3 Å².